The maximum absolute atomic E-state index is 5.99. The van der Waals surface area contributed by atoms with Gasteiger partial charge in [-0.1, -0.05) is 31.5 Å². The zero-order valence-electron chi connectivity index (χ0n) is 7.66. The van der Waals surface area contributed by atoms with Gasteiger partial charge in [-0.25, -0.2) is 4.98 Å². The van der Waals surface area contributed by atoms with Crippen LogP contribution in [0.4, 0.5) is 0 Å². The first-order chi connectivity index (χ1) is 6.20. The molecule has 2 aromatic rings. The molecule has 0 bridgehead atoms. The molecule has 0 saturated heterocycles. The molecule has 2 aromatic heterocycles. The van der Waals surface area contributed by atoms with E-state index in [1.165, 1.54) is 0 Å². The molecule has 2 heterocycles. The Hall–Kier alpha value is -1.02. The third-order valence-corrected chi connectivity index (χ3v) is 2.33. The molecule has 0 spiro atoms. The highest BCUT2D eigenvalue weighted by atomic mass is 35.5. The molecule has 0 aromatic carbocycles. The predicted molar refractivity (Wildman–Crippen MR) is 54.3 cm³/mol. The van der Waals surface area contributed by atoms with Crippen molar-refractivity contribution >= 4 is 17.1 Å². The van der Waals surface area contributed by atoms with E-state index in [-0.39, 0.29) is 0 Å². The number of hydrogen-bond acceptors (Lipinski definition) is 1. The van der Waals surface area contributed by atoms with Crippen LogP contribution < -0.4 is 0 Å². The minimum Gasteiger partial charge on any atom is -0.302 e. The van der Waals surface area contributed by atoms with Gasteiger partial charge in [0.2, 0.25) is 0 Å². The highest BCUT2D eigenvalue weighted by molar-refractivity contribution is 6.32. The van der Waals surface area contributed by atoms with Gasteiger partial charge in [0.05, 0.1) is 5.52 Å². The molecular weight excluding hydrogens is 184 g/mol. The molecule has 13 heavy (non-hydrogen) atoms. The lowest BCUT2D eigenvalue weighted by molar-refractivity contribution is 0.770. The smallest absolute Gasteiger partial charge is 0.155 e. The van der Waals surface area contributed by atoms with Crippen LogP contribution in [0.15, 0.2) is 24.4 Å². The van der Waals surface area contributed by atoms with Gasteiger partial charge in [0.25, 0.3) is 0 Å². The van der Waals surface area contributed by atoms with Crippen LogP contribution in [-0.2, 0) is 0 Å². The first-order valence-corrected chi connectivity index (χ1v) is 4.70. The SMILES string of the molecule is CC(C)c1nc(Cl)c2ccccn12. The third kappa shape index (κ3) is 1.31. The van der Waals surface area contributed by atoms with E-state index in [9.17, 15) is 0 Å². The van der Waals surface area contributed by atoms with E-state index in [0.717, 1.165) is 11.3 Å². The molecule has 0 fully saturated rings. The van der Waals surface area contributed by atoms with E-state index < -0.39 is 0 Å². The molecule has 2 rings (SSSR count). The Bertz CT molecular complexity index is 431. The lowest BCUT2D eigenvalue weighted by Crippen LogP contribution is -1.95. The van der Waals surface area contributed by atoms with Crippen molar-refractivity contribution in [2.45, 2.75) is 19.8 Å². The van der Waals surface area contributed by atoms with Gasteiger partial charge in [-0.3, -0.25) is 0 Å². The highest BCUT2D eigenvalue weighted by Crippen LogP contribution is 2.22. The van der Waals surface area contributed by atoms with Crippen LogP contribution in [-0.4, -0.2) is 9.38 Å². The fourth-order valence-corrected chi connectivity index (χ4v) is 1.67. The summed E-state index contributed by atoms with van der Waals surface area (Å²) in [6.45, 7) is 4.22. The molecule has 0 aliphatic heterocycles. The summed E-state index contributed by atoms with van der Waals surface area (Å²) in [6, 6.07) is 5.92. The van der Waals surface area contributed by atoms with Crippen molar-refractivity contribution in [3.63, 3.8) is 0 Å². The average Bonchev–Trinajstić information content (AvgIpc) is 2.45. The van der Waals surface area contributed by atoms with Crippen molar-refractivity contribution in [2.24, 2.45) is 0 Å². The number of halogens is 1. The van der Waals surface area contributed by atoms with Crippen LogP contribution in [0.2, 0.25) is 5.15 Å². The summed E-state index contributed by atoms with van der Waals surface area (Å²) in [5, 5.41) is 0.587. The standard InChI is InChI=1S/C10H11ClN2/c1-7(2)10-12-9(11)8-5-3-4-6-13(8)10/h3-7H,1-2H3. The Kier molecular flexibility index (Phi) is 2.00. The van der Waals surface area contributed by atoms with Gasteiger partial charge >= 0.3 is 0 Å². The van der Waals surface area contributed by atoms with Crippen molar-refractivity contribution in [3.05, 3.63) is 35.4 Å². The van der Waals surface area contributed by atoms with E-state index in [0.29, 0.717) is 11.1 Å². The van der Waals surface area contributed by atoms with Crippen LogP contribution in [0.25, 0.3) is 5.52 Å². The molecule has 0 unspecified atom stereocenters. The van der Waals surface area contributed by atoms with Gasteiger partial charge in [-0.15, -0.1) is 0 Å². The quantitative estimate of drug-likeness (QED) is 0.682. The maximum atomic E-state index is 5.99. The summed E-state index contributed by atoms with van der Waals surface area (Å²) in [6.07, 6.45) is 1.99. The van der Waals surface area contributed by atoms with Crippen LogP contribution in [0.3, 0.4) is 0 Å². The van der Waals surface area contributed by atoms with Crippen LogP contribution in [0.1, 0.15) is 25.6 Å². The van der Waals surface area contributed by atoms with E-state index in [2.05, 4.69) is 18.8 Å². The molecular formula is C10H11ClN2. The zero-order chi connectivity index (χ0) is 9.42. The number of pyridine rings is 1. The molecule has 3 heteroatoms. The fourth-order valence-electron chi connectivity index (χ4n) is 1.43. The maximum Gasteiger partial charge on any atom is 0.155 e. The molecule has 68 valence electrons. The van der Waals surface area contributed by atoms with Gasteiger partial charge in [0.1, 0.15) is 5.82 Å². The molecule has 0 aliphatic rings. The molecule has 0 saturated carbocycles. The Labute approximate surface area is 82.2 Å². The second-order valence-electron chi connectivity index (χ2n) is 3.37. The molecule has 0 amide bonds. The first kappa shape index (κ1) is 8.57. The van der Waals surface area contributed by atoms with Crippen molar-refractivity contribution in [2.75, 3.05) is 0 Å². The summed E-state index contributed by atoms with van der Waals surface area (Å²) in [5.74, 6) is 1.41. The van der Waals surface area contributed by atoms with E-state index in [4.69, 9.17) is 11.6 Å². The van der Waals surface area contributed by atoms with Crippen LogP contribution in [0.5, 0.6) is 0 Å². The number of nitrogens with zero attached hydrogens (tertiary/aromatic N) is 2. The van der Waals surface area contributed by atoms with Crippen molar-refractivity contribution in [3.8, 4) is 0 Å². The monoisotopic (exact) mass is 194 g/mol. The van der Waals surface area contributed by atoms with E-state index in [1.54, 1.807) is 0 Å². The Balaban J connectivity index is 2.78. The minimum atomic E-state index is 0.391. The Morgan fingerprint density at radius 2 is 2.15 bits per heavy atom. The normalized spacial score (nSPS) is 11.4. The fraction of sp³-hybridized carbons (Fsp3) is 0.300. The summed E-state index contributed by atoms with van der Waals surface area (Å²) in [4.78, 5) is 4.32. The Morgan fingerprint density at radius 3 is 2.85 bits per heavy atom. The average molecular weight is 195 g/mol. The zero-order valence-corrected chi connectivity index (χ0v) is 8.42. The van der Waals surface area contributed by atoms with E-state index >= 15 is 0 Å². The largest absolute Gasteiger partial charge is 0.302 e. The second-order valence-corrected chi connectivity index (χ2v) is 3.73. The number of hydrogen-bond donors (Lipinski definition) is 0. The topological polar surface area (TPSA) is 17.3 Å². The van der Waals surface area contributed by atoms with E-state index in [1.807, 2.05) is 28.8 Å². The third-order valence-electron chi connectivity index (χ3n) is 2.05. The lowest BCUT2D eigenvalue weighted by Gasteiger charge is -2.02. The number of aromatic nitrogens is 2. The highest BCUT2D eigenvalue weighted by Gasteiger charge is 2.10. The number of fused-ring (bicyclic) bond motifs is 1. The first-order valence-electron chi connectivity index (χ1n) is 4.32. The van der Waals surface area contributed by atoms with Crippen molar-refractivity contribution < 1.29 is 0 Å². The van der Waals surface area contributed by atoms with Gasteiger partial charge in [0.15, 0.2) is 5.15 Å². The number of imidazole rings is 1. The predicted octanol–water partition coefficient (Wildman–Crippen LogP) is 3.11. The molecule has 2 nitrogen and oxygen atoms in total. The van der Waals surface area contributed by atoms with Gasteiger partial charge in [-0.05, 0) is 12.1 Å². The second kappa shape index (κ2) is 3.04. The summed E-state index contributed by atoms with van der Waals surface area (Å²) in [5.41, 5.74) is 0.980. The Morgan fingerprint density at radius 1 is 1.38 bits per heavy atom. The van der Waals surface area contributed by atoms with Gasteiger partial charge in [0, 0.05) is 12.1 Å². The van der Waals surface area contributed by atoms with Crippen molar-refractivity contribution in [1.82, 2.24) is 9.38 Å². The van der Waals surface area contributed by atoms with Crippen molar-refractivity contribution in [1.29, 1.82) is 0 Å². The lowest BCUT2D eigenvalue weighted by atomic mass is 10.2. The van der Waals surface area contributed by atoms with Crippen LogP contribution in [0, 0.1) is 0 Å². The molecule has 0 atom stereocenters. The minimum absolute atomic E-state index is 0.391. The summed E-state index contributed by atoms with van der Waals surface area (Å²) < 4.78 is 2.03. The summed E-state index contributed by atoms with van der Waals surface area (Å²) in [7, 11) is 0. The molecule has 0 radical (unpaired) electrons. The van der Waals surface area contributed by atoms with Gasteiger partial charge < -0.3 is 4.40 Å². The number of rotatable bonds is 1. The molecule has 0 N–H and O–H groups in total. The summed E-state index contributed by atoms with van der Waals surface area (Å²) >= 11 is 5.99. The molecule has 0 aliphatic carbocycles. The van der Waals surface area contributed by atoms with Gasteiger partial charge in [-0.2, -0.15) is 0 Å². The van der Waals surface area contributed by atoms with Crippen LogP contribution >= 0.6 is 11.6 Å².